The Morgan fingerprint density at radius 2 is 1.02 bits per heavy atom. The molecule has 0 spiro atoms. The summed E-state index contributed by atoms with van der Waals surface area (Å²) >= 11 is 3.67. The fraction of sp³-hybridized carbons (Fsp3) is 0.388. The van der Waals surface area contributed by atoms with E-state index in [1.165, 1.54) is 69.4 Å². The van der Waals surface area contributed by atoms with Crippen LogP contribution in [0.4, 0.5) is 13.2 Å². The van der Waals surface area contributed by atoms with E-state index >= 15 is 0 Å². The first-order valence-corrected chi connectivity index (χ1v) is 33.2. The van der Waals surface area contributed by atoms with Crippen LogP contribution in [0, 0.1) is 52.6 Å². The third-order valence-corrected chi connectivity index (χ3v) is 19.2. The molecule has 473 valence electrons. The molecule has 1 radical (unpaired) electrons. The Morgan fingerprint density at radius 1 is 0.556 bits per heavy atom. The first kappa shape index (κ1) is 64.1. The van der Waals surface area contributed by atoms with Gasteiger partial charge in [0.05, 0.1) is 16.3 Å². The van der Waals surface area contributed by atoms with Gasteiger partial charge in [0.1, 0.15) is 0 Å². The van der Waals surface area contributed by atoms with E-state index in [4.69, 9.17) is 14.1 Å². The van der Waals surface area contributed by atoms with Crippen LogP contribution in [-0.2, 0) is 50.6 Å². The quantitative estimate of drug-likeness (QED) is 0.0603. The van der Waals surface area contributed by atoms with Gasteiger partial charge in [-0.05, 0) is 162 Å². The molecule has 12 rings (SSSR count). The zero-order chi connectivity index (χ0) is 66.9. The second-order valence-electron chi connectivity index (χ2n) is 29.5. The average Bonchev–Trinajstić information content (AvgIpc) is 0.719. The van der Waals surface area contributed by atoms with E-state index in [0.29, 0.717) is 19.0 Å². The van der Waals surface area contributed by atoms with Gasteiger partial charge in [-0.15, -0.1) is 58.6 Å². The minimum absolute atomic E-state index is 0. The van der Waals surface area contributed by atoms with Crippen molar-refractivity contribution in [1.82, 2.24) is 9.97 Å². The third kappa shape index (κ3) is 15.0. The largest absolute Gasteiger partial charge is 0.512 e. The molecule has 10 heteroatoms. The summed E-state index contributed by atoms with van der Waals surface area (Å²) < 4.78 is 63.1. The van der Waals surface area contributed by atoms with Crippen LogP contribution in [0.3, 0.4) is 0 Å². The van der Waals surface area contributed by atoms with Crippen LogP contribution in [0.25, 0.3) is 87.1 Å². The van der Waals surface area contributed by atoms with Crippen LogP contribution in [0.1, 0.15) is 161 Å². The first-order chi connectivity index (χ1) is 43.0. The van der Waals surface area contributed by atoms with Crippen molar-refractivity contribution in [3.8, 4) is 22.5 Å². The summed E-state index contributed by atoms with van der Waals surface area (Å²) in [4.78, 5) is 26.1. The minimum atomic E-state index is -4.33. The number of aryl methyl sites for hydroxylation is 1. The molecule has 2 aliphatic rings. The molecular formula is C80H87F3IrN2O2S2-2. The molecule has 0 saturated carbocycles. The number of alkyl halides is 3. The van der Waals surface area contributed by atoms with Gasteiger partial charge in [-0.1, -0.05) is 209 Å². The zero-order valence-electron chi connectivity index (χ0n) is 58.2. The van der Waals surface area contributed by atoms with Gasteiger partial charge >= 0.3 is 6.18 Å². The van der Waals surface area contributed by atoms with E-state index in [9.17, 15) is 23.1 Å². The van der Waals surface area contributed by atoms with Crippen LogP contribution >= 0.6 is 23.5 Å². The molecule has 1 unspecified atom stereocenters. The second kappa shape index (κ2) is 26.5. The van der Waals surface area contributed by atoms with Crippen molar-refractivity contribution in [2.75, 3.05) is 0 Å². The average molecular weight is 1420 g/mol. The Hall–Kier alpha value is -6.03. The van der Waals surface area contributed by atoms with E-state index in [2.05, 4.69) is 193 Å². The number of nitrogens with zero attached hydrogens (tertiary/aromatic N) is 2. The number of halogens is 3. The second-order valence-corrected chi connectivity index (χ2v) is 31.6. The maximum absolute atomic E-state index is 12.3. The normalized spacial score (nSPS) is 14.1. The number of rotatable bonds is 11. The summed E-state index contributed by atoms with van der Waals surface area (Å²) in [6.45, 7) is 34.8. The summed E-state index contributed by atoms with van der Waals surface area (Å²) in [7, 11) is 0. The Morgan fingerprint density at radius 3 is 1.53 bits per heavy atom. The minimum Gasteiger partial charge on any atom is -0.512 e. The third-order valence-electron chi connectivity index (χ3n) is 16.8. The van der Waals surface area contributed by atoms with E-state index in [-0.39, 0.29) is 72.1 Å². The van der Waals surface area contributed by atoms with Crippen molar-refractivity contribution in [3.05, 3.63) is 167 Å². The molecule has 4 heterocycles. The monoisotopic (exact) mass is 1420 g/mol. The van der Waals surface area contributed by atoms with Crippen LogP contribution in [0.2, 0.25) is 0 Å². The molecule has 0 saturated heterocycles. The van der Waals surface area contributed by atoms with Gasteiger partial charge in [-0.25, -0.2) is 0 Å². The molecule has 2 aromatic heterocycles. The summed E-state index contributed by atoms with van der Waals surface area (Å²) in [6.07, 6.45) is 1.14. The molecule has 0 bridgehead atoms. The summed E-state index contributed by atoms with van der Waals surface area (Å²) in [5, 5.41) is 23.2. The Kier molecular flexibility index (Phi) is 18.9. The molecule has 4 nitrogen and oxygen atoms in total. The van der Waals surface area contributed by atoms with Crippen molar-refractivity contribution >= 4 is 93.9 Å². The molecule has 8 aromatic carbocycles. The maximum Gasteiger partial charge on any atom is 0.389 e. The molecule has 0 fully saturated rings. The number of aromatic nitrogens is 2. The van der Waals surface area contributed by atoms with Gasteiger partial charge in [0.15, 0.2) is 5.78 Å². The predicted octanol–water partition coefficient (Wildman–Crippen LogP) is 24.0. The van der Waals surface area contributed by atoms with E-state index in [1.807, 2.05) is 31.7 Å². The van der Waals surface area contributed by atoms with E-state index in [1.54, 1.807) is 18.7 Å². The van der Waals surface area contributed by atoms with Crippen LogP contribution in [0.5, 0.6) is 0 Å². The number of carbonyl (C=O) groups is 1. The van der Waals surface area contributed by atoms with Crippen molar-refractivity contribution in [2.45, 2.75) is 188 Å². The van der Waals surface area contributed by atoms with E-state index < -0.39 is 24.3 Å². The van der Waals surface area contributed by atoms with Crippen LogP contribution < -0.4 is 0 Å². The fourth-order valence-corrected chi connectivity index (χ4v) is 15.4. The Labute approximate surface area is 558 Å². The number of carbonyl (C=O) groups excluding carboxylic acids is 1. The summed E-state index contributed by atoms with van der Waals surface area (Å²) in [5.74, 6) is -2.00. The number of fused-ring (bicyclic) bond motifs is 10. The molecule has 10 aromatic rings. The predicted molar refractivity (Wildman–Crippen MR) is 372 cm³/mol. The van der Waals surface area contributed by atoms with Gasteiger partial charge in [0.2, 0.25) is 0 Å². The summed E-state index contributed by atoms with van der Waals surface area (Å²) in [6, 6.07) is 42.6. The number of aliphatic hydroxyl groups excluding tert-OH is 1. The van der Waals surface area contributed by atoms with Gasteiger partial charge in [0, 0.05) is 71.5 Å². The Balaban J connectivity index is 0.000000175. The van der Waals surface area contributed by atoms with E-state index in [0.717, 1.165) is 96.9 Å². The van der Waals surface area contributed by atoms with Crippen LogP contribution in [0.15, 0.2) is 147 Å². The van der Waals surface area contributed by atoms with Crippen molar-refractivity contribution in [3.63, 3.8) is 0 Å². The van der Waals surface area contributed by atoms with Crippen molar-refractivity contribution in [1.29, 1.82) is 0 Å². The number of allylic oxidation sites excluding steroid dienone is 2. The number of ketones is 1. The number of hydrogen-bond acceptors (Lipinski definition) is 6. The standard InChI is InChI=1S/C34H34NS.C33H32NS.C13H21F3O2.Ir/c1-20-11-12-23-22(15-20)16-27-31-30-25(13-14-35-31)24-10-8-9-21(18-33(2,3)4)26(24)17-29(30)36-32(27)28(23)19-34(5,6)7;1-32(2,3)18-21-11-9-13-23-24-14-15-34-30-26-16-20-10-7-8-12-22(20)27(19-33(4,5)6)31(26)35-28(29(24)30)17-25(21)23;1-4-9(5-2)11(17)7-12(18)10(6-3)8-13(14,15)16;/h8-15,17H,18-19H2,1-7H3;7-15,17H,18-19H2,1-6H3;7,9-10,18H,4-6,8H2,1-3H3;/q2*-1;;/b;;12-7-;/i13D,14D;15D;;. The summed E-state index contributed by atoms with van der Waals surface area (Å²) in [5.41, 5.74) is 10.9. The number of hydrogen-bond donors (Lipinski definition) is 1. The zero-order valence-corrected chi connectivity index (χ0v) is 59.2. The van der Waals surface area contributed by atoms with Gasteiger partial charge in [0.25, 0.3) is 0 Å². The molecule has 1 atom stereocenters. The number of benzene rings is 8. The fourth-order valence-electron chi connectivity index (χ4n) is 12.9. The Bertz CT molecular complexity index is 4590. The maximum atomic E-state index is 12.3. The van der Waals surface area contributed by atoms with Gasteiger partial charge in [-0.2, -0.15) is 13.2 Å². The smallest absolute Gasteiger partial charge is 0.389 e. The van der Waals surface area contributed by atoms with Crippen molar-refractivity contribution in [2.24, 2.45) is 33.5 Å². The molecule has 0 aliphatic carbocycles. The van der Waals surface area contributed by atoms with Gasteiger partial charge in [-0.3, -0.25) is 14.8 Å². The molecule has 2 aliphatic heterocycles. The first-order valence-electron chi connectivity index (χ1n) is 33.1. The van der Waals surface area contributed by atoms with Crippen LogP contribution in [-0.4, -0.2) is 27.0 Å². The SMILES string of the molecule is CCC(CC)C(=O)/C=C(\O)C(CC)CC(F)(F)F.[2H]c1cc2c3c(cc4c(CC(C)(C)C)cccc42)Sc2c([c-]c4ccccc4c2CC(C)(C)C)-c3n1.[2H]c1nc2c3c(cc4c(CC(C)(C)C)cccc4c3c1[2H])Sc1c-2[c-]c2cc(C)ccc2c1CC(C)(C)C.[Ir]. The number of aliphatic hydroxyl groups is 1. The molecule has 1 N–H and O–H groups in total. The topological polar surface area (TPSA) is 63.1 Å². The van der Waals surface area contributed by atoms with Gasteiger partial charge < -0.3 is 5.11 Å². The number of pyridine rings is 2. The van der Waals surface area contributed by atoms with Crippen molar-refractivity contribution < 1.29 is 47.3 Å². The molecule has 0 amide bonds. The molecular weight excluding hydrogens is 1330 g/mol. The molecule has 90 heavy (non-hydrogen) atoms.